The molecule has 0 saturated heterocycles. The molecule has 84 valence electrons. The zero-order chi connectivity index (χ0) is 10.8. The van der Waals surface area contributed by atoms with Crippen LogP contribution in [0.2, 0.25) is 0 Å². The summed E-state index contributed by atoms with van der Waals surface area (Å²) in [6.07, 6.45) is 3.79. The summed E-state index contributed by atoms with van der Waals surface area (Å²) in [6.45, 7) is 8.03. The maximum absolute atomic E-state index is 11.3. The lowest BCUT2D eigenvalue weighted by molar-refractivity contribution is -0.121. The second-order valence-corrected chi connectivity index (χ2v) is 3.57. The average molecular weight is 200 g/mol. The van der Waals surface area contributed by atoms with E-state index in [9.17, 15) is 4.79 Å². The highest BCUT2D eigenvalue weighted by Crippen LogP contribution is 1.94. The normalized spacial score (nSPS) is 12.5. The summed E-state index contributed by atoms with van der Waals surface area (Å²) in [7, 11) is 0. The lowest BCUT2D eigenvalue weighted by Gasteiger charge is -2.16. The summed E-state index contributed by atoms with van der Waals surface area (Å²) in [5.41, 5.74) is 0. The highest BCUT2D eigenvalue weighted by molar-refractivity contribution is 5.75. The number of unbranched alkanes of at least 4 members (excludes halogenated alkanes) is 1. The number of rotatable bonds is 8. The van der Waals surface area contributed by atoms with Crippen molar-refractivity contribution in [2.75, 3.05) is 13.1 Å². The summed E-state index contributed by atoms with van der Waals surface area (Å²) in [4.78, 5) is 11.3. The van der Waals surface area contributed by atoms with E-state index in [0.29, 0.717) is 12.5 Å². The van der Waals surface area contributed by atoms with Crippen molar-refractivity contribution in [3.8, 4) is 0 Å². The summed E-state index contributed by atoms with van der Waals surface area (Å²) >= 11 is 0. The molecule has 2 N–H and O–H groups in total. The molecule has 0 spiro atoms. The fraction of sp³-hybridized carbons (Fsp3) is 0.909. The molecule has 0 rings (SSSR count). The van der Waals surface area contributed by atoms with Gasteiger partial charge in [0, 0.05) is 19.0 Å². The van der Waals surface area contributed by atoms with Crippen molar-refractivity contribution in [1.29, 1.82) is 0 Å². The molecule has 0 aliphatic heterocycles. The maximum atomic E-state index is 11.3. The molecule has 3 heteroatoms. The summed E-state index contributed by atoms with van der Waals surface area (Å²) in [6, 6.07) is 0.422. The molecule has 0 radical (unpaired) electrons. The smallest absolute Gasteiger partial charge is 0.220 e. The van der Waals surface area contributed by atoms with Crippen LogP contribution in [0.1, 0.15) is 46.5 Å². The van der Waals surface area contributed by atoms with Crippen LogP contribution in [0.15, 0.2) is 0 Å². The second kappa shape index (κ2) is 9.00. The van der Waals surface area contributed by atoms with E-state index < -0.39 is 0 Å². The van der Waals surface area contributed by atoms with Crippen LogP contribution in [0.25, 0.3) is 0 Å². The number of carbonyl (C=O) groups excluding carboxylic acids is 1. The predicted molar refractivity (Wildman–Crippen MR) is 60.3 cm³/mol. The van der Waals surface area contributed by atoms with Crippen LogP contribution in [-0.2, 0) is 4.79 Å². The number of amides is 1. The van der Waals surface area contributed by atoms with Gasteiger partial charge in [0.05, 0.1) is 0 Å². The van der Waals surface area contributed by atoms with Gasteiger partial charge < -0.3 is 10.6 Å². The Morgan fingerprint density at radius 1 is 1.29 bits per heavy atom. The second-order valence-electron chi connectivity index (χ2n) is 3.57. The van der Waals surface area contributed by atoms with Crippen molar-refractivity contribution < 1.29 is 4.79 Å². The van der Waals surface area contributed by atoms with Gasteiger partial charge >= 0.3 is 0 Å². The summed E-state index contributed by atoms with van der Waals surface area (Å²) in [5, 5.41) is 6.28. The fourth-order valence-corrected chi connectivity index (χ4v) is 1.31. The van der Waals surface area contributed by atoms with Crippen molar-refractivity contribution in [2.24, 2.45) is 0 Å². The van der Waals surface area contributed by atoms with Crippen molar-refractivity contribution in [3.05, 3.63) is 0 Å². The topological polar surface area (TPSA) is 41.1 Å². The zero-order valence-corrected chi connectivity index (χ0v) is 9.73. The van der Waals surface area contributed by atoms with Gasteiger partial charge in [-0.3, -0.25) is 4.79 Å². The van der Waals surface area contributed by atoms with Crippen molar-refractivity contribution >= 4 is 5.91 Å². The van der Waals surface area contributed by atoms with E-state index in [1.165, 1.54) is 0 Å². The molecule has 14 heavy (non-hydrogen) atoms. The Morgan fingerprint density at radius 2 is 2.00 bits per heavy atom. The van der Waals surface area contributed by atoms with Crippen molar-refractivity contribution in [2.45, 2.75) is 52.5 Å². The first-order valence-corrected chi connectivity index (χ1v) is 5.74. The number of nitrogens with one attached hydrogen (secondary N) is 2. The first-order chi connectivity index (χ1) is 6.74. The van der Waals surface area contributed by atoms with E-state index in [0.717, 1.165) is 32.4 Å². The molecule has 0 fully saturated rings. The van der Waals surface area contributed by atoms with Gasteiger partial charge in [0.1, 0.15) is 0 Å². The lowest BCUT2D eigenvalue weighted by Crippen LogP contribution is -2.40. The van der Waals surface area contributed by atoms with Crippen LogP contribution < -0.4 is 10.6 Å². The third kappa shape index (κ3) is 6.89. The van der Waals surface area contributed by atoms with Gasteiger partial charge in [-0.2, -0.15) is 0 Å². The molecule has 0 heterocycles. The molecule has 1 amide bonds. The van der Waals surface area contributed by atoms with Gasteiger partial charge in [-0.25, -0.2) is 0 Å². The van der Waals surface area contributed by atoms with Gasteiger partial charge in [-0.1, -0.05) is 27.2 Å². The van der Waals surface area contributed by atoms with E-state index in [1.54, 1.807) is 0 Å². The minimum absolute atomic E-state index is 0.184. The Labute approximate surface area is 87.6 Å². The first-order valence-electron chi connectivity index (χ1n) is 5.74. The largest absolute Gasteiger partial charge is 0.355 e. The lowest BCUT2D eigenvalue weighted by atomic mass is 10.2. The van der Waals surface area contributed by atoms with E-state index in [-0.39, 0.29) is 5.91 Å². The number of hydrogen-bond acceptors (Lipinski definition) is 2. The number of hydrogen-bond donors (Lipinski definition) is 2. The Hall–Kier alpha value is -0.570. The van der Waals surface area contributed by atoms with Crippen LogP contribution in [0.5, 0.6) is 0 Å². The molecule has 0 aromatic carbocycles. The fourth-order valence-electron chi connectivity index (χ4n) is 1.31. The summed E-state index contributed by atoms with van der Waals surface area (Å²) < 4.78 is 0. The Kier molecular flexibility index (Phi) is 8.64. The molecular formula is C11H24N2O. The van der Waals surface area contributed by atoms with E-state index in [2.05, 4.69) is 31.4 Å². The Morgan fingerprint density at radius 3 is 2.50 bits per heavy atom. The molecule has 1 atom stereocenters. The summed E-state index contributed by atoms with van der Waals surface area (Å²) in [5.74, 6) is 0.184. The standard InChI is InChI=1S/C11H24N2O/c1-4-7-8-11(14)13-9-10(5-2)12-6-3/h10,12H,4-9H2,1-3H3,(H,13,14)/t10-/m0/s1. The van der Waals surface area contributed by atoms with Crippen LogP contribution in [-0.4, -0.2) is 25.0 Å². The van der Waals surface area contributed by atoms with Crippen LogP contribution >= 0.6 is 0 Å². The van der Waals surface area contributed by atoms with Gasteiger partial charge in [0.25, 0.3) is 0 Å². The van der Waals surface area contributed by atoms with E-state index in [4.69, 9.17) is 0 Å². The Balaban J connectivity index is 3.52. The van der Waals surface area contributed by atoms with Crippen molar-refractivity contribution in [1.82, 2.24) is 10.6 Å². The molecule has 0 aliphatic carbocycles. The first kappa shape index (κ1) is 13.4. The third-order valence-electron chi connectivity index (χ3n) is 2.29. The molecule has 0 unspecified atom stereocenters. The quantitative estimate of drug-likeness (QED) is 0.626. The van der Waals surface area contributed by atoms with Crippen LogP contribution in [0, 0.1) is 0 Å². The molecule has 3 nitrogen and oxygen atoms in total. The minimum Gasteiger partial charge on any atom is -0.355 e. The van der Waals surface area contributed by atoms with Crippen LogP contribution in [0.3, 0.4) is 0 Å². The van der Waals surface area contributed by atoms with E-state index in [1.807, 2.05) is 0 Å². The zero-order valence-electron chi connectivity index (χ0n) is 9.73. The highest BCUT2D eigenvalue weighted by Gasteiger charge is 2.05. The van der Waals surface area contributed by atoms with Gasteiger partial charge in [-0.05, 0) is 19.4 Å². The molecular weight excluding hydrogens is 176 g/mol. The SMILES string of the molecule is CCCCC(=O)NC[C@H](CC)NCC. The average Bonchev–Trinajstić information content (AvgIpc) is 2.21. The van der Waals surface area contributed by atoms with Gasteiger partial charge in [0.2, 0.25) is 5.91 Å². The third-order valence-corrected chi connectivity index (χ3v) is 2.29. The van der Waals surface area contributed by atoms with Gasteiger partial charge in [-0.15, -0.1) is 0 Å². The number of likely N-dealkylation sites (N-methyl/N-ethyl adjacent to an activating group) is 1. The molecule has 0 bridgehead atoms. The maximum Gasteiger partial charge on any atom is 0.220 e. The molecule has 0 aromatic heterocycles. The molecule has 0 aliphatic rings. The minimum atomic E-state index is 0.184. The van der Waals surface area contributed by atoms with Crippen LogP contribution in [0.4, 0.5) is 0 Å². The Bertz CT molecular complexity index is 148. The van der Waals surface area contributed by atoms with Gasteiger partial charge in [0.15, 0.2) is 0 Å². The monoisotopic (exact) mass is 200 g/mol. The van der Waals surface area contributed by atoms with E-state index >= 15 is 0 Å². The molecule has 0 saturated carbocycles. The predicted octanol–water partition coefficient (Wildman–Crippen LogP) is 1.68. The highest BCUT2D eigenvalue weighted by atomic mass is 16.1. The number of carbonyl (C=O) groups is 1. The van der Waals surface area contributed by atoms with Crippen molar-refractivity contribution in [3.63, 3.8) is 0 Å². The molecule has 0 aromatic rings.